The molecule has 1 fully saturated rings. The number of nitriles is 1. The largest absolute Gasteiger partial charge is 0.457 e. The number of pyridine rings is 1. The molecule has 2 unspecified atom stereocenters. The van der Waals surface area contributed by atoms with Gasteiger partial charge in [0.1, 0.15) is 18.5 Å². The van der Waals surface area contributed by atoms with E-state index in [1.165, 1.54) is 0 Å². The zero-order valence-corrected chi connectivity index (χ0v) is 17.3. The molecular formula is C23H26N4O3. The molecule has 0 radical (unpaired) electrons. The second-order valence-electron chi connectivity index (χ2n) is 8.59. The first-order valence-electron chi connectivity index (χ1n) is 10.2. The van der Waals surface area contributed by atoms with Crippen molar-refractivity contribution in [1.82, 2.24) is 9.88 Å². The third-order valence-electron chi connectivity index (χ3n) is 6.22. The van der Waals surface area contributed by atoms with Gasteiger partial charge in [-0.25, -0.2) is 9.78 Å². The Kier molecular flexibility index (Phi) is 5.46. The van der Waals surface area contributed by atoms with E-state index in [0.29, 0.717) is 17.7 Å². The van der Waals surface area contributed by atoms with Crippen LogP contribution in [0.2, 0.25) is 0 Å². The molecule has 2 N–H and O–H groups in total. The van der Waals surface area contributed by atoms with Crippen LogP contribution in [0.1, 0.15) is 52.1 Å². The van der Waals surface area contributed by atoms with Crippen molar-refractivity contribution in [2.45, 2.75) is 33.0 Å². The fraction of sp³-hybridized carbons (Fsp3) is 0.435. The van der Waals surface area contributed by atoms with E-state index in [9.17, 15) is 9.90 Å². The van der Waals surface area contributed by atoms with E-state index >= 15 is 0 Å². The molecule has 0 saturated carbocycles. The number of β-amino-alcohol motifs (C(OH)–C–C–N with tert-alkyl or cyclic N) is 1. The minimum Gasteiger partial charge on any atom is -0.457 e. The lowest BCUT2D eigenvalue weighted by molar-refractivity contribution is 0.0535. The highest BCUT2D eigenvalue weighted by Gasteiger charge is 2.35. The maximum absolute atomic E-state index is 11.7. The molecule has 0 spiro atoms. The van der Waals surface area contributed by atoms with Crippen molar-refractivity contribution in [1.29, 1.82) is 5.26 Å². The van der Waals surface area contributed by atoms with Crippen molar-refractivity contribution in [3.8, 4) is 6.07 Å². The fourth-order valence-corrected chi connectivity index (χ4v) is 4.37. The Hall–Kier alpha value is -2.95. The topological polar surface area (TPSA) is 98.5 Å². The minimum atomic E-state index is -0.610. The molecule has 3 heterocycles. The Bertz CT molecular complexity index is 999. The normalized spacial score (nSPS) is 21.7. The van der Waals surface area contributed by atoms with Crippen molar-refractivity contribution >= 4 is 11.8 Å². The minimum absolute atomic E-state index is 0.0720. The summed E-state index contributed by atoms with van der Waals surface area (Å²) in [6.07, 6.45) is 1.98. The smallest absolute Gasteiger partial charge is 0.338 e. The predicted molar refractivity (Wildman–Crippen MR) is 112 cm³/mol. The molecule has 7 heteroatoms. The van der Waals surface area contributed by atoms with Gasteiger partial charge in [-0.15, -0.1) is 0 Å². The van der Waals surface area contributed by atoms with Gasteiger partial charge in [0.25, 0.3) is 0 Å². The second kappa shape index (κ2) is 8.05. The first-order chi connectivity index (χ1) is 14.4. The molecule has 1 aromatic carbocycles. The number of hydrogen-bond acceptors (Lipinski definition) is 7. The number of esters is 1. The summed E-state index contributed by atoms with van der Waals surface area (Å²) in [6.45, 7) is 7.59. The highest BCUT2D eigenvalue weighted by atomic mass is 16.5. The van der Waals surface area contributed by atoms with E-state index < -0.39 is 6.10 Å². The van der Waals surface area contributed by atoms with E-state index in [1.807, 2.05) is 19.1 Å². The van der Waals surface area contributed by atoms with Gasteiger partial charge in [-0.1, -0.05) is 13.0 Å². The summed E-state index contributed by atoms with van der Waals surface area (Å²) in [5.41, 5.74) is 3.93. The van der Waals surface area contributed by atoms with Gasteiger partial charge in [0.2, 0.25) is 0 Å². The van der Waals surface area contributed by atoms with Crippen LogP contribution in [0.4, 0.5) is 5.82 Å². The molecule has 30 heavy (non-hydrogen) atoms. The molecule has 2 aliphatic rings. The lowest BCUT2D eigenvalue weighted by Crippen LogP contribution is -2.33. The molecule has 4 rings (SSSR count). The van der Waals surface area contributed by atoms with Crippen LogP contribution < -0.4 is 5.32 Å². The highest BCUT2D eigenvalue weighted by molar-refractivity contribution is 5.93. The molecule has 1 saturated heterocycles. The van der Waals surface area contributed by atoms with Gasteiger partial charge in [0.15, 0.2) is 0 Å². The predicted octanol–water partition coefficient (Wildman–Crippen LogP) is 2.79. The van der Waals surface area contributed by atoms with E-state index in [-0.39, 0.29) is 18.0 Å². The van der Waals surface area contributed by atoms with Crippen LogP contribution in [0, 0.1) is 23.7 Å². The Labute approximate surface area is 176 Å². The SMILES string of the molecule is Cc1c(C(O)CN2CCC(C)(CNc3ccc(C#N)cn3)C2)ccc2c1COC2=O. The van der Waals surface area contributed by atoms with Crippen molar-refractivity contribution in [2.24, 2.45) is 5.41 Å². The maximum Gasteiger partial charge on any atom is 0.338 e. The number of carbonyl (C=O) groups excluding carboxylic acids is 1. The van der Waals surface area contributed by atoms with Crippen molar-refractivity contribution < 1.29 is 14.6 Å². The number of anilines is 1. The number of carbonyl (C=O) groups is 1. The van der Waals surface area contributed by atoms with Gasteiger partial charge in [0.05, 0.1) is 17.2 Å². The Balaban J connectivity index is 1.35. The van der Waals surface area contributed by atoms with Gasteiger partial charge in [-0.05, 0) is 54.6 Å². The summed E-state index contributed by atoms with van der Waals surface area (Å²) in [4.78, 5) is 18.3. The maximum atomic E-state index is 11.7. The molecule has 2 aliphatic heterocycles. The van der Waals surface area contributed by atoms with E-state index in [0.717, 1.165) is 48.6 Å². The van der Waals surface area contributed by atoms with Gasteiger partial charge in [-0.3, -0.25) is 4.90 Å². The summed E-state index contributed by atoms with van der Waals surface area (Å²) >= 11 is 0. The van der Waals surface area contributed by atoms with Gasteiger partial charge in [-0.2, -0.15) is 5.26 Å². The van der Waals surface area contributed by atoms with Crippen molar-refractivity contribution in [3.63, 3.8) is 0 Å². The van der Waals surface area contributed by atoms with Crippen LogP contribution in [-0.4, -0.2) is 47.1 Å². The summed E-state index contributed by atoms with van der Waals surface area (Å²) < 4.78 is 5.12. The molecule has 156 valence electrons. The first kappa shape index (κ1) is 20.3. The number of aliphatic hydroxyl groups is 1. The average Bonchev–Trinajstić information content (AvgIpc) is 3.30. The monoisotopic (exact) mass is 406 g/mol. The summed E-state index contributed by atoms with van der Waals surface area (Å²) in [5.74, 6) is 0.480. The van der Waals surface area contributed by atoms with Crippen LogP contribution in [0.25, 0.3) is 0 Å². The third-order valence-corrected chi connectivity index (χ3v) is 6.22. The number of hydrogen-bond donors (Lipinski definition) is 2. The Morgan fingerprint density at radius 1 is 1.40 bits per heavy atom. The zero-order chi connectivity index (χ0) is 21.3. The Morgan fingerprint density at radius 2 is 2.23 bits per heavy atom. The second-order valence-corrected chi connectivity index (χ2v) is 8.59. The van der Waals surface area contributed by atoms with Crippen molar-refractivity contribution in [3.05, 3.63) is 58.3 Å². The number of nitrogens with one attached hydrogen (secondary N) is 1. The van der Waals surface area contributed by atoms with E-state index in [2.05, 4.69) is 28.2 Å². The lowest BCUT2D eigenvalue weighted by atomic mass is 9.90. The molecule has 0 bridgehead atoms. The zero-order valence-electron chi connectivity index (χ0n) is 17.3. The number of fused-ring (bicyclic) bond motifs is 1. The molecule has 2 aromatic rings. The van der Waals surface area contributed by atoms with Crippen LogP contribution in [0.3, 0.4) is 0 Å². The fourth-order valence-electron chi connectivity index (χ4n) is 4.37. The average molecular weight is 406 g/mol. The number of aliphatic hydroxyl groups excluding tert-OH is 1. The van der Waals surface area contributed by atoms with Crippen molar-refractivity contribution in [2.75, 3.05) is 31.5 Å². The standard InChI is InChI=1S/C23H26N4O3/c1-15-17(4-5-18-19(15)12-30-22(18)29)20(28)11-27-8-7-23(2,14-27)13-26-21-6-3-16(9-24)10-25-21/h3-6,10,20,28H,7-8,11-14H2,1-2H3,(H,25,26). The van der Waals surface area contributed by atoms with E-state index in [1.54, 1.807) is 18.3 Å². The van der Waals surface area contributed by atoms with Crippen LogP contribution in [-0.2, 0) is 11.3 Å². The summed E-state index contributed by atoms with van der Waals surface area (Å²) in [6, 6.07) is 9.26. The van der Waals surface area contributed by atoms with E-state index in [4.69, 9.17) is 10.00 Å². The highest BCUT2D eigenvalue weighted by Crippen LogP contribution is 2.33. The van der Waals surface area contributed by atoms with Crippen LogP contribution in [0.15, 0.2) is 30.5 Å². The number of benzene rings is 1. The summed E-state index contributed by atoms with van der Waals surface area (Å²) in [5, 5.41) is 23.1. The number of likely N-dealkylation sites (tertiary alicyclic amines) is 1. The number of rotatable bonds is 6. The quantitative estimate of drug-likeness (QED) is 0.712. The molecule has 0 amide bonds. The molecule has 1 aromatic heterocycles. The molecule has 0 aliphatic carbocycles. The van der Waals surface area contributed by atoms with Crippen LogP contribution in [0.5, 0.6) is 0 Å². The summed E-state index contributed by atoms with van der Waals surface area (Å²) in [7, 11) is 0. The lowest BCUT2D eigenvalue weighted by Gasteiger charge is -2.27. The molecule has 2 atom stereocenters. The number of aromatic nitrogens is 1. The number of ether oxygens (including phenoxy) is 1. The molecular weight excluding hydrogens is 380 g/mol. The molecule has 7 nitrogen and oxygen atoms in total. The van der Waals surface area contributed by atoms with Gasteiger partial charge in [0, 0.05) is 31.4 Å². The van der Waals surface area contributed by atoms with Crippen LogP contribution >= 0.6 is 0 Å². The van der Waals surface area contributed by atoms with Gasteiger partial charge < -0.3 is 15.2 Å². The first-order valence-corrected chi connectivity index (χ1v) is 10.2. The number of cyclic esters (lactones) is 1. The Morgan fingerprint density at radius 3 is 2.97 bits per heavy atom. The number of nitrogens with zero attached hydrogens (tertiary/aromatic N) is 3. The third kappa shape index (κ3) is 4.02. The van der Waals surface area contributed by atoms with Gasteiger partial charge >= 0.3 is 5.97 Å².